The second kappa shape index (κ2) is 8.37. The average molecular weight is 479 g/mol. The molecular formula is C22H27BrN2O3S. The van der Waals surface area contributed by atoms with Gasteiger partial charge in [0, 0.05) is 15.7 Å². The lowest BCUT2D eigenvalue weighted by Crippen LogP contribution is -2.24. The molecular weight excluding hydrogens is 452 g/mol. The van der Waals surface area contributed by atoms with Crippen molar-refractivity contribution in [2.24, 2.45) is 0 Å². The smallest absolute Gasteiger partial charge is 0.229 e. The molecule has 0 bridgehead atoms. The molecule has 156 valence electrons. The van der Waals surface area contributed by atoms with Crippen LogP contribution in [0.25, 0.3) is 0 Å². The van der Waals surface area contributed by atoms with Crippen molar-refractivity contribution in [3.05, 3.63) is 57.6 Å². The Morgan fingerprint density at radius 3 is 2.17 bits per heavy atom. The molecule has 5 nitrogen and oxygen atoms in total. The van der Waals surface area contributed by atoms with Crippen molar-refractivity contribution in [2.45, 2.75) is 44.9 Å². The Morgan fingerprint density at radius 2 is 1.72 bits per heavy atom. The third-order valence-corrected chi connectivity index (χ3v) is 5.82. The van der Waals surface area contributed by atoms with Gasteiger partial charge in [0.05, 0.1) is 24.8 Å². The van der Waals surface area contributed by atoms with Crippen LogP contribution in [0.2, 0.25) is 0 Å². The summed E-state index contributed by atoms with van der Waals surface area (Å²) >= 11 is 3.59. The summed E-state index contributed by atoms with van der Waals surface area (Å²) in [5, 5.41) is 10.0. The number of hydrogen-bond acceptors (Lipinski definition) is 4. The van der Waals surface area contributed by atoms with E-state index in [0.29, 0.717) is 12.1 Å². The molecule has 7 heteroatoms. The lowest BCUT2D eigenvalue weighted by atomic mass is 9.77. The molecule has 0 heterocycles. The monoisotopic (exact) mass is 478 g/mol. The molecule has 0 aliphatic rings. The fourth-order valence-electron chi connectivity index (χ4n) is 3.29. The Balaban J connectivity index is 2.48. The normalized spacial score (nSPS) is 14.0. The number of hydrogen-bond donors (Lipinski definition) is 1. The van der Waals surface area contributed by atoms with E-state index in [1.807, 2.05) is 13.0 Å². The quantitative estimate of drug-likeness (QED) is 0.622. The number of nitriles is 1. The van der Waals surface area contributed by atoms with E-state index in [-0.39, 0.29) is 5.41 Å². The van der Waals surface area contributed by atoms with Crippen LogP contribution < -0.4 is 9.46 Å². The second-order valence-electron chi connectivity index (χ2n) is 8.47. The number of benzene rings is 2. The first kappa shape index (κ1) is 23.2. The zero-order valence-corrected chi connectivity index (χ0v) is 20.0. The van der Waals surface area contributed by atoms with E-state index in [2.05, 4.69) is 53.6 Å². The Hall–Kier alpha value is -2.04. The van der Waals surface area contributed by atoms with Crippen molar-refractivity contribution in [1.29, 1.82) is 5.26 Å². The van der Waals surface area contributed by atoms with Crippen molar-refractivity contribution >= 4 is 31.6 Å². The molecule has 0 spiro atoms. The molecule has 29 heavy (non-hydrogen) atoms. The van der Waals surface area contributed by atoms with Crippen LogP contribution in [0.15, 0.2) is 40.9 Å². The van der Waals surface area contributed by atoms with E-state index in [4.69, 9.17) is 4.74 Å². The molecule has 0 fully saturated rings. The number of nitrogens with zero attached hydrogens (tertiary/aromatic N) is 1. The molecule has 0 amide bonds. The van der Waals surface area contributed by atoms with Gasteiger partial charge in [0.2, 0.25) is 10.0 Å². The van der Waals surface area contributed by atoms with Gasteiger partial charge in [-0.1, -0.05) is 48.8 Å². The van der Waals surface area contributed by atoms with Crippen molar-refractivity contribution < 1.29 is 13.2 Å². The topological polar surface area (TPSA) is 79.2 Å². The maximum atomic E-state index is 11.4. The van der Waals surface area contributed by atoms with Crippen molar-refractivity contribution in [2.75, 3.05) is 18.1 Å². The Bertz CT molecular complexity index is 1040. The van der Waals surface area contributed by atoms with Gasteiger partial charge >= 0.3 is 0 Å². The zero-order valence-electron chi connectivity index (χ0n) is 17.6. The summed E-state index contributed by atoms with van der Waals surface area (Å²) in [6.45, 7) is 8.25. The molecule has 0 aromatic heterocycles. The largest absolute Gasteiger partial charge is 0.496 e. The number of ether oxygens (including phenoxy) is 1. The van der Waals surface area contributed by atoms with E-state index in [1.165, 1.54) is 0 Å². The van der Waals surface area contributed by atoms with Gasteiger partial charge < -0.3 is 4.74 Å². The summed E-state index contributed by atoms with van der Waals surface area (Å²) in [4.78, 5) is 0. The van der Waals surface area contributed by atoms with E-state index in [1.54, 1.807) is 31.4 Å². The van der Waals surface area contributed by atoms with Crippen LogP contribution in [0, 0.1) is 11.3 Å². The summed E-state index contributed by atoms with van der Waals surface area (Å²) in [5.41, 5.74) is 2.34. The SMILES string of the molecule is COc1c(CC(C)(C#N)c2ccc(NS(C)(=O)=O)cc2)cc(Br)cc1C(C)(C)C. The van der Waals surface area contributed by atoms with Crippen LogP contribution in [0.3, 0.4) is 0 Å². The minimum atomic E-state index is -3.35. The Labute approximate surface area is 182 Å². The first-order chi connectivity index (χ1) is 13.3. The van der Waals surface area contributed by atoms with Gasteiger partial charge in [0.25, 0.3) is 0 Å². The Morgan fingerprint density at radius 1 is 1.14 bits per heavy atom. The first-order valence-electron chi connectivity index (χ1n) is 9.15. The third-order valence-electron chi connectivity index (χ3n) is 4.76. The van der Waals surface area contributed by atoms with Crippen molar-refractivity contribution in [3.63, 3.8) is 0 Å². The summed E-state index contributed by atoms with van der Waals surface area (Å²) in [6, 6.07) is 13.4. The highest BCUT2D eigenvalue weighted by atomic mass is 79.9. The van der Waals surface area contributed by atoms with Crippen molar-refractivity contribution in [3.8, 4) is 11.8 Å². The molecule has 0 saturated heterocycles. The highest BCUT2D eigenvalue weighted by Crippen LogP contribution is 2.40. The summed E-state index contributed by atoms with van der Waals surface area (Å²) in [5.74, 6) is 0.789. The van der Waals surface area contributed by atoms with Crippen LogP contribution in [0.4, 0.5) is 5.69 Å². The maximum Gasteiger partial charge on any atom is 0.229 e. The Kier molecular flexibility index (Phi) is 6.71. The van der Waals surface area contributed by atoms with Gasteiger partial charge in [0.15, 0.2) is 0 Å². The first-order valence-corrected chi connectivity index (χ1v) is 11.8. The molecule has 1 N–H and O–H groups in total. The summed E-state index contributed by atoms with van der Waals surface area (Å²) < 4.78 is 32.0. The molecule has 2 aromatic rings. The lowest BCUT2D eigenvalue weighted by Gasteiger charge is -2.28. The number of halogens is 1. The van der Waals surface area contributed by atoms with Gasteiger partial charge in [-0.3, -0.25) is 4.72 Å². The van der Waals surface area contributed by atoms with Crippen LogP contribution >= 0.6 is 15.9 Å². The van der Waals surface area contributed by atoms with Crippen LogP contribution in [-0.4, -0.2) is 21.8 Å². The van der Waals surface area contributed by atoms with Gasteiger partial charge in [-0.05, 0) is 54.2 Å². The standard InChI is InChI=1S/C22H27BrN2O3S/c1-21(2,3)19-12-17(23)11-15(20(19)28-5)13-22(4,14-24)16-7-9-18(10-8-16)25-29(6,26)27/h7-12,25H,13H2,1-6H3. The highest BCUT2D eigenvalue weighted by Gasteiger charge is 2.31. The van der Waals surface area contributed by atoms with E-state index in [9.17, 15) is 13.7 Å². The zero-order chi connectivity index (χ0) is 22.0. The minimum absolute atomic E-state index is 0.119. The molecule has 0 saturated carbocycles. The highest BCUT2D eigenvalue weighted by molar-refractivity contribution is 9.10. The third kappa shape index (κ3) is 5.74. The average Bonchev–Trinajstić information content (AvgIpc) is 2.59. The number of anilines is 1. The summed E-state index contributed by atoms with van der Waals surface area (Å²) in [7, 11) is -1.70. The maximum absolute atomic E-state index is 11.4. The van der Waals surface area contributed by atoms with Gasteiger partial charge in [-0.25, -0.2) is 8.42 Å². The fourth-order valence-corrected chi connectivity index (χ4v) is 4.36. The van der Waals surface area contributed by atoms with E-state index >= 15 is 0 Å². The van der Waals surface area contributed by atoms with Crippen LogP contribution in [-0.2, 0) is 27.3 Å². The number of sulfonamides is 1. The van der Waals surface area contributed by atoms with Crippen molar-refractivity contribution in [1.82, 2.24) is 0 Å². The van der Waals surface area contributed by atoms with E-state index in [0.717, 1.165) is 33.2 Å². The number of nitrogens with one attached hydrogen (secondary N) is 1. The van der Waals surface area contributed by atoms with Gasteiger partial charge in [-0.15, -0.1) is 0 Å². The molecule has 0 aliphatic carbocycles. The fraction of sp³-hybridized carbons (Fsp3) is 0.409. The minimum Gasteiger partial charge on any atom is -0.496 e. The second-order valence-corrected chi connectivity index (χ2v) is 11.1. The molecule has 2 rings (SSSR count). The molecule has 2 aromatic carbocycles. The van der Waals surface area contributed by atoms with Crippen LogP contribution in [0.5, 0.6) is 5.75 Å². The predicted octanol–water partition coefficient (Wildman–Crippen LogP) is 5.15. The molecule has 1 unspecified atom stereocenters. The number of methoxy groups -OCH3 is 1. The van der Waals surface area contributed by atoms with Gasteiger partial charge in [-0.2, -0.15) is 5.26 Å². The molecule has 0 radical (unpaired) electrons. The summed E-state index contributed by atoms with van der Waals surface area (Å²) in [6.07, 6.45) is 1.56. The number of rotatable bonds is 6. The van der Waals surface area contributed by atoms with Gasteiger partial charge in [0.1, 0.15) is 5.75 Å². The molecule has 0 aliphatic heterocycles. The van der Waals surface area contributed by atoms with E-state index < -0.39 is 15.4 Å². The molecule has 1 atom stereocenters. The predicted molar refractivity (Wildman–Crippen MR) is 121 cm³/mol. The lowest BCUT2D eigenvalue weighted by molar-refractivity contribution is 0.389. The van der Waals surface area contributed by atoms with Crippen LogP contribution in [0.1, 0.15) is 44.4 Å².